The molecule has 0 spiro atoms. The van der Waals surface area contributed by atoms with Crippen molar-refractivity contribution in [1.29, 1.82) is 0 Å². The number of thiophene rings is 1. The molecule has 2 N–H and O–H groups in total. The maximum atomic E-state index is 13.2. The first-order valence-corrected chi connectivity index (χ1v) is 19.1. The molecule has 0 aliphatic carbocycles. The van der Waals surface area contributed by atoms with E-state index >= 15 is 0 Å². The van der Waals surface area contributed by atoms with Crippen LogP contribution < -0.4 is 14.8 Å². The first-order valence-electron chi connectivity index (χ1n) is 18.2. The van der Waals surface area contributed by atoms with E-state index in [2.05, 4.69) is 33.3 Å². The topological polar surface area (TPSA) is 121 Å². The second-order valence-corrected chi connectivity index (χ2v) is 14.8. The summed E-state index contributed by atoms with van der Waals surface area (Å²) in [7, 11) is 0. The average Bonchev–Trinajstić information content (AvgIpc) is 3.58. The Morgan fingerprint density at radius 1 is 0.906 bits per heavy atom. The molecule has 274 valence electrons. The van der Waals surface area contributed by atoms with Crippen molar-refractivity contribution in [3.63, 3.8) is 0 Å². The molecule has 5 heterocycles. The van der Waals surface area contributed by atoms with Crippen LogP contribution in [-0.4, -0.2) is 103 Å². The van der Waals surface area contributed by atoms with Crippen molar-refractivity contribution in [2.45, 2.75) is 31.7 Å². The molecule has 12 heteroatoms. The number of rotatable bonds is 11. The van der Waals surface area contributed by atoms with Crippen molar-refractivity contribution in [3.05, 3.63) is 95.7 Å². The van der Waals surface area contributed by atoms with E-state index in [4.69, 9.17) is 14.2 Å². The minimum atomic E-state index is -0.622. The van der Waals surface area contributed by atoms with Crippen LogP contribution in [0.3, 0.4) is 0 Å². The molecule has 1 atom stereocenters. The lowest BCUT2D eigenvalue weighted by molar-refractivity contribution is -0.143. The summed E-state index contributed by atoms with van der Waals surface area (Å²) in [5, 5.41) is 13.4. The van der Waals surface area contributed by atoms with Crippen LogP contribution in [0.15, 0.2) is 95.7 Å². The van der Waals surface area contributed by atoms with E-state index < -0.39 is 11.9 Å². The molecule has 0 saturated carbocycles. The molecule has 1 unspecified atom stereocenters. The predicted octanol–water partition coefficient (Wildman–Crippen LogP) is 5.70. The van der Waals surface area contributed by atoms with Gasteiger partial charge in [-0.1, -0.05) is 30.3 Å². The van der Waals surface area contributed by atoms with Gasteiger partial charge in [-0.25, -0.2) is 0 Å². The van der Waals surface area contributed by atoms with Crippen LogP contribution in [-0.2, 0) is 19.1 Å². The highest BCUT2D eigenvalue weighted by Crippen LogP contribution is 2.47. The monoisotopic (exact) mass is 734 g/mol. The number of fused-ring (bicyclic) bond motifs is 1. The Bertz CT molecular complexity index is 2070. The van der Waals surface area contributed by atoms with E-state index in [9.17, 15) is 19.5 Å². The number of ether oxygens (including phenoxy) is 3. The number of piperazine rings is 1. The van der Waals surface area contributed by atoms with Gasteiger partial charge in [0.05, 0.1) is 24.7 Å². The molecule has 53 heavy (non-hydrogen) atoms. The average molecular weight is 735 g/mol. The molecular weight excluding hydrogens is 693 g/mol. The number of aromatic hydroxyl groups is 1. The maximum Gasteiger partial charge on any atom is 0.253 e. The Balaban J connectivity index is 0.785. The summed E-state index contributed by atoms with van der Waals surface area (Å²) in [5.74, 6) is 1.68. The highest BCUT2D eigenvalue weighted by atomic mass is 32.1. The van der Waals surface area contributed by atoms with Gasteiger partial charge in [0.25, 0.3) is 5.91 Å². The van der Waals surface area contributed by atoms with Gasteiger partial charge >= 0.3 is 0 Å². The molecule has 2 fully saturated rings. The van der Waals surface area contributed by atoms with E-state index in [1.165, 1.54) is 0 Å². The van der Waals surface area contributed by atoms with Crippen LogP contribution in [0, 0.1) is 0 Å². The first kappa shape index (κ1) is 34.9. The van der Waals surface area contributed by atoms with Crippen LogP contribution >= 0.6 is 11.3 Å². The van der Waals surface area contributed by atoms with Crippen molar-refractivity contribution in [2.75, 3.05) is 59.1 Å². The van der Waals surface area contributed by atoms with Gasteiger partial charge < -0.3 is 29.1 Å². The van der Waals surface area contributed by atoms with Crippen molar-refractivity contribution in [1.82, 2.24) is 20.0 Å². The standard InChI is InChI=1S/C41H42N4O7S/c46-30-8-13-33-36(23-30)53-39(27-6-2-1-3-7-27)38(33)52-32-11-9-31(10-12-32)51-21-5-4-16-43-17-19-44(20-18-43)29-22-28-24-45(41(49)34(28)26-50-25-29)35-14-15-37(47)42-40(35)48/h1-3,6-13,22-23,35,46H,4-5,14-21,24-26H2,(H,42,47,48). The highest BCUT2D eigenvalue weighted by molar-refractivity contribution is 7.22. The third-order valence-electron chi connectivity index (χ3n) is 10.3. The molecule has 4 aliphatic rings. The Morgan fingerprint density at radius 3 is 2.49 bits per heavy atom. The van der Waals surface area contributed by atoms with E-state index in [1.807, 2.05) is 48.5 Å². The minimum absolute atomic E-state index is 0.171. The van der Waals surface area contributed by atoms with Gasteiger partial charge in [0, 0.05) is 60.5 Å². The first-order chi connectivity index (χ1) is 25.9. The van der Waals surface area contributed by atoms with Crippen molar-refractivity contribution in [2.24, 2.45) is 0 Å². The predicted molar refractivity (Wildman–Crippen MR) is 202 cm³/mol. The van der Waals surface area contributed by atoms with Gasteiger partial charge in [0.1, 0.15) is 23.3 Å². The van der Waals surface area contributed by atoms with E-state index in [1.54, 1.807) is 28.4 Å². The number of amides is 3. The fraction of sp³-hybridized carbons (Fsp3) is 0.341. The zero-order valence-electron chi connectivity index (χ0n) is 29.4. The second kappa shape index (κ2) is 15.4. The normalized spacial score (nSPS) is 19.7. The highest BCUT2D eigenvalue weighted by Gasteiger charge is 2.40. The molecule has 3 aromatic carbocycles. The molecular formula is C41H42N4O7S. The fourth-order valence-electron chi connectivity index (χ4n) is 7.41. The third kappa shape index (κ3) is 7.66. The molecule has 4 aromatic rings. The molecule has 8 rings (SSSR count). The van der Waals surface area contributed by atoms with Crippen LogP contribution in [0.25, 0.3) is 20.5 Å². The Morgan fingerprint density at radius 2 is 1.70 bits per heavy atom. The SMILES string of the molecule is O=C1CCC(N2CC3=C(COCC(N4CCN(CCCCOc5ccc(Oc6c(-c7ccccc7)sc7cc(O)ccc67)cc5)CC4)=C3)C2=O)C(=O)N1. The quantitative estimate of drug-likeness (QED) is 0.148. The van der Waals surface area contributed by atoms with Crippen molar-refractivity contribution >= 4 is 39.1 Å². The molecule has 11 nitrogen and oxygen atoms in total. The lowest BCUT2D eigenvalue weighted by Gasteiger charge is -2.37. The molecule has 2 saturated heterocycles. The summed E-state index contributed by atoms with van der Waals surface area (Å²) in [6, 6.07) is 22.6. The smallest absolute Gasteiger partial charge is 0.253 e. The van der Waals surface area contributed by atoms with E-state index in [0.717, 1.165) is 94.6 Å². The van der Waals surface area contributed by atoms with Gasteiger partial charge in [-0.2, -0.15) is 0 Å². The Kier molecular flexibility index (Phi) is 10.2. The van der Waals surface area contributed by atoms with Crippen LogP contribution in [0.1, 0.15) is 25.7 Å². The minimum Gasteiger partial charge on any atom is -0.508 e. The lowest BCUT2D eigenvalue weighted by Crippen LogP contribution is -2.53. The zero-order chi connectivity index (χ0) is 36.3. The van der Waals surface area contributed by atoms with Gasteiger partial charge in [-0.05, 0) is 85.5 Å². The summed E-state index contributed by atoms with van der Waals surface area (Å²) in [6.07, 6.45) is 4.65. The Labute approximate surface area is 312 Å². The molecule has 0 bridgehead atoms. The third-order valence-corrected chi connectivity index (χ3v) is 11.5. The number of unbranched alkanes of at least 4 members (excludes halogenated alkanes) is 1. The number of hydrogen-bond donors (Lipinski definition) is 2. The molecule has 4 aliphatic heterocycles. The van der Waals surface area contributed by atoms with Crippen molar-refractivity contribution in [3.8, 4) is 33.4 Å². The summed E-state index contributed by atoms with van der Waals surface area (Å²) >= 11 is 1.60. The number of nitrogens with one attached hydrogen (secondary N) is 1. The van der Waals surface area contributed by atoms with E-state index in [0.29, 0.717) is 31.8 Å². The number of nitrogens with zero attached hydrogens (tertiary/aromatic N) is 3. The number of phenolic OH excluding ortho intramolecular Hbond substituents is 1. The number of piperidine rings is 1. The van der Waals surface area contributed by atoms with Crippen LogP contribution in [0.2, 0.25) is 0 Å². The van der Waals surface area contributed by atoms with Gasteiger partial charge in [-0.15, -0.1) is 11.3 Å². The summed E-state index contributed by atoms with van der Waals surface area (Å²) in [6.45, 7) is 6.32. The maximum absolute atomic E-state index is 13.2. The lowest BCUT2D eigenvalue weighted by atomic mass is 10.0. The number of carbonyl (C=O) groups excluding carboxylic acids is 3. The fourth-order valence-corrected chi connectivity index (χ4v) is 8.58. The summed E-state index contributed by atoms with van der Waals surface area (Å²) in [4.78, 5) is 44.7. The van der Waals surface area contributed by atoms with Crippen LogP contribution in [0.5, 0.6) is 23.0 Å². The second-order valence-electron chi connectivity index (χ2n) is 13.8. The van der Waals surface area contributed by atoms with Gasteiger partial charge in [-0.3, -0.25) is 24.6 Å². The zero-order valence-corrected chi connectivity index (χ0v) is 30.2. The number of imide groups is 1. The number of benzene rings is 3. The molecule has 1 aromatic heterocycles. The Hall–Kier alpha value is -5.17. The van der Waals surface area contributed by atoms with Crippen molar-refractivity contribution < 1.29 is 33.7 Å². The number of hydrogen-bond acceptors (Lipinski definition) is 10. The van der Waals surface area contributed by atoms with Gasteiger partial charge in [0.15, 0.2) is 5.75 Å². The number of phenols is 1. The number of carbonyl (C=O) groups is 3. The summed E-state index contributed by atoms with van der Waals surface area (Å²) in [5.41, 5.74) is 3.66. The van der Waals surface area contributed by atoms with Crippen LogP contribution in [0.4, 0.5) is 0 Å². The summed E-state index contributed by atoms with van der Waals surface area (Å²) < 4.78 is 19.4. The molecule has 0 radical (unpaired) electrons. The largest absolute Gasteiger partial charge is 0.508 e. The van der Waals surface area contributed by atoms with Gasteiger partial charge in [0.2, 0.25) is 11.8 Å². The van der Waals surface area contributed by atoms with E-state index in [-0.39, 0.29) is 30.6 Å². The molecule has 3 amide bonds.